The number of nitrogens with zero attached hydrogens (tertiary/aromatic N) is 3. The fraction of sp³-hybridized carbons (Fsp3) is 0.294. The number of halogens is 6. The van der Waals surface area contributed by atoms with Crippen LogP contribution in [0.15, 0.2) is 30.5 Å². The maximum Gasteiger partial charge on any atom is 0.434 e. The average molecular weight is 449 g/mol. The lowest BCUT2D eigenvalue weighted by Gasteiger charge is -2.15. The Labute approximate surface area is 169 Å². The molecule has 0 aliphatic carbocycles. The van der Waals surface area contributed by atoms with Gasteiger partial charge < -0.3 is 10.6 Å². The maximum atomic E-state index is 13.6. The van der Waals surface area contributed by atoms with Gasteiger partial charge in [0, 0.05) is 13.1 Å². The van der Waals surface area contributed by atoms with Gasteiger partial charge in [-0.25, -0.2) is 9.48 Å². The predicted octanol–water partition coefficient (Wildman–Crippen LogP) is 2.19. The molecule has 2 heterocycles. The van der Waals surface area contributed by atoms with Gasteiger partial charge in [0.25, 0.3) is 5.91 Å². The van der Waals surface area contributed by atoms with E-state index in [4.69, 9.17) is 0 Å². The van der Waals surface area contributed by atoms with Gasteiger partial charge in [-0.1, -0.05) is 6.07 Å². The molecule has 166 valence electrons. The molecule has 1 fully saturated rings. The largest absolute Gasteiger partial charge is 0.434 e. The van der Waals surface area contributed by atoms with Gasteiger partial charge >= 0.3 is 18.4 Å². The Kier molecular flexibility index (Phi) is 5.65. The number of alkyl halides is 6. The van der Waals surface area contributed by atoms with E-state index in [9.17, 15) is 40.7 Å². The summed E-state index contributed by atoms with van der Waals surface area (Å²) in [6.07, 6.45) is -9.34. The van der Waals surface area contributed by atoms with Crippen LogP contribution in [0.5, 0.6) is 0 Å². The van der Waals surface area contributed by atoms with Crippen LogP contribution in [0.25, 0.3) is 5.69 Å². The Morgan fingerprint density at radius 2 is 1.84 bits per heavy atom. The smallest absolute Gasteiger partial charge is 0.350 e. The van der Waals surface area contributed by atoms with Gasteiger partial charge in [-0.15, -0.1) is 0 Å². The SMILES string of the molecule is O=C(NCCN1C(=O)CNC1=O)c1cnn(-c2cccc(C(F)(F)F)c2)c1C(F)(F)F. The van der Waals surface area contributed by atoms with Crippen LogP contribution in [-0.2, 0) is 17.1 Å². The number of aromatic nitrogens is 2. The Balaban J connectivity index is 1.85. The topological polar surface area (TPSA) is 96.3 Å². The lowest BCUT2D eigenvalue weighted by molar-refractivity contribution is -0.143. The predicted molar refractivity (Wildman–Crippen MR) is 91.0 cm³/mol. The van der Waals surface area contributed by atoms with Crippen LogP contribution in [0.4, 0.5) is 31.1 Å². The minimum absolute atomic E-state index is 0.196. The Hall–Kier alpha value is -3.58. The van der Waals surface area contributed by atoms with E-state index in [1.165, 1.54) is 0 Å². The van der Waals surface area contributed by atoms with E-state index in [0.29, 0.717) is 18.3 Å². The van der Waals surface area contributed by atoms with Crippen LogP contribution in [0.2, 0.25) is 0 Å². The summed E-state index contributed by atoms with van der Waals surface area (Å²) in [5.41, 5.74) is -4.23. The zero-order valence-electron chi connectivity index (χ0n) is 15.3. The van der Waals surface area contributed by atoms with Crippen LogP contribution >= 0.6 is 0 Å². The van der Waals surface area contributed by atoms with Gasteiger partial charge in [0.15, 0.2) is 5.69 Å². The molecule has 4 amide bonds. The second-order valence-electron chi connectivity index (χ2n) is 6.32. The van der Waals surface area contributed by atoms with Gasteiger partial charge in [-0.2, -0.15) is 31.4 Å². The maximum absolute atomic E-state index is 13.6. The van der Waals surface area contributed by atoms with E-state index in [1.54, 1.807) is 0 Å². The first-order valence-electron chi connectivity index (χ1n) is 8.59. The first-order valence-corrected chi connectivity index (χ1v) is 8.59. The third kappa shape index (κ3) is 4.62. The molecule has 14 heteroatoms. The monoisotopic (exact) mass is 449 g/mol. The van der Waals surface area contributed by atoms with Crippen molar-refractivity contribution in [1.29, 1.82) is 0 Å². The fourth-order valence-electron chi connectivity index (χ4n) is 2.86. The number of nitrogens with one attached hydrogen (secondary N) is 2. The molecule has 0 unspecified atom stereocenters. The number of carbonyl (C=O) groups excluding carboxylic acids is 3. The van der Waals surface area contributed by atoms with Gasteiger partial charge in [0.1, 0.15) is 0 Å². The summed E-state index contributed by atoms with van der Waals surface area (Å²) in [7, 11) is 0. The lowest BCUT2D eigenvalue weighted by Crippen LogP contribution is -2.39. The third-order valence-electron chi connectivity index (χ3n) is 4.26. The van der Waals surface area contributed by atoms with Gasteiger partial charge in [-0.3, -0.25) is 14.5 Å². The molecule has 0 atom stereocenters. The average Bonchev–Trinajstić information content (AvgIpc) is 3.26. The first-order chi connectivity index (χ1) is 14.4. The quantitative estimate of drug-likeness (QED) is 0.541. The molecule has 1 saturated heterocycles. The highest BCUT2D eigenvalue weighted by atomic mass is 19.4. The molecular formula is C17H13F6N5O3. The molecule has 0 radical (unpaired) electrons. The van der Waals surface area contributed by atoms with Crippen molar-refractivity contribution < 1.29 is 40.7 Å². The molecule has 0 bridgehead atoms. The molecule has 0 saturated carbocycles. The molecule has 2 aromatic rings. The number of imide groups is 1. The number of hydrogen-bond acceptors (Lipinski definition) is 4. The van der Waals surface area contributed by atoms with Gasteiger partial charge in [0.2, 0.25) is 5.91 Å². The molecule has 1 aromatic heterocycles. The van der Waals surface area contributed by atoms with Crippen molar-refractivity contribution in [1.82, 2.24) is 25.3 Å². The summed E-state index contributed by atoms with van der Waals surface area (Å²) in [6, 6.07) is 2.35. The normalized spacial score (nSPS) is 14.7. The Morgan fingerprint density at radius 3 is 2.42 bits per heavy atom. The van der Waals surface area contributed by atoms with Crippen molar-refractivity contribution in [2.45, 2.75) is 12.4 Å². The fourth-order valence-corrected chi connectivity index (χ4v) is 2.86. The summed E-state index contributed by atoms with van der Waals surface area (Å²) in [5, 5.41) is 7.82. The van der Waals surface area contributed by atoms with E-state index in [1.807, 2.05) is 0 Å². The molecular weight excluding hydrogens is 436 g/mol. The third-order valence-corrected chi connectivity index (χ3v) is 4.26. The Bertz CT molecular complexity index is 1010. The van der Waals surface area contributed by atoms with Gasteiger partial charge in [0.05, 0.1) is 29.6 Å². The summed E-state index contributed by atoms with van der Waals surface area (Å²) >= 11 is 0. The summed E-state index contributed by atoms with van der Waals surface area (Å²) < 4.78 is 79.8. The molecule has 1 aromatic carbocycles. The molecule has 0 spiro atoms. The zero-order chi connectivity index (χ0) is 23.0. The van der Waals surface area contributed by atoms with Crippen LogP contribution in [0, 0.1) is 0 Å². The molecule has 1 aliphatic heterocycles. The summed E-state index contributed by atoms with van der Waals surface area (Å²) in [6.45, 7) is -0.849. The highest BCUT2D eigenvalue weighted by Gasteiger charge is 2.41. The molecule has 31 heavy (non-hydrogen) atoms. The van der Waals surface area contributed by atoms with Crippen LogP contribution in [0.3, 0.4) is 0 Å². The minimum atomic E-state index is -5.12. The highest BCUT2D eigenvalue weighted by molar-refractivity contribution is 6.02. The molecule has 3 rings (SSSR count). The molecule has 8 nitrogen and oxygen atoms in total. The van der Waals surface area contributed by atoms with Crippen LogP contribution in [-0.4, -0.2) is 52.2 Å². The van der Waals surface area contributed by atoms with Crippen LogP contribution in [0.1, 0.15) is 21.6 Å². The highest BCUT2D eigenvalue weighted by Crippen LogP contribution is 2.35. The van der Waals surface area contributed by atoms with E-state index < -0.39 is 52.7 Å². The second kappa shape index (κ2) is 7.92. The standard InChI is InChI=1S/C17H13F6N5O3/c18-16(19,20)9-2-1-3-10(6-9)28-13(17(21,22)23)11(7-26-28)14(30)24-4-5-27-12(29)8-25-15(27)31/h1-3,6-7H,4-5,8H2,(H,24,30)(H,25,31). The van der Waals surface area contributed by atoms with E-state index in [-0.39, 0.29) is 24.3 Å². The van der Waals surface area contributed by atoms with E-state index in [2.05, 4.69) is 15.7 Å². The number of urea groups is 1. The Morgan fingerprint density at radius 1 is 1.13 bits per heavy atom. The number of hydrogen-bond donors (Lipinski definition) is 2. The van der Waals surface area contributed by atoms with Crippen molar-refractivity contribution in [2.75, 3.05) is 19.6 Å². The van der Waals surface area contributed by atoms with Crippen molar-refractivity contribution in [3.63, 3.8) is 0 Å². The first kappa shape index (κ1) is 22.1. The number of rotatable bonds is 5. The summed E-state index contributed by atoms with van der Waals surface area (Å²) in [5.74, 6) is -1.79. The number of amides is 4. The van der Waals surface area contributed by atoms with Crippen LogP contribution < -0.4 is 10.6 Å². The number of benzene rings is 1. The minimum Gasteiger partial charge on any atom is -0.350 e. The van der Waals surface area contributed by atoms with Crippen molar-refractivity contribution >= 4 is 17.8 Å². The summed E-state index contributed by atoms with van der Waals surface area (Å²) in [4.78, 5) is 35.9. The van der Waals surface area contributed by atoms with Crippen molar-refractivity contribution in [3.8, 4) is 5.69 Å². The molecule has 2 N–H and O–H groups in total. The second-order valence-corrected chi connectivity index (χ2v) is 6.32. The zero-order valence-corrected chi connectivity index (χ0v) is 15.3. The molecule has 1 aliphatic rings. The van der Waals surface area contributed by atoms with Crippen molar-refractivity contribution in [2.24, 2.45) is 0 Å². The van der Waals surface area contributed by atoms with E-state index >= 15 is 0 Å². The van der Waals surface area contributed by atoms with Crippen molar-refractivity contribution in [3.05, 3.63) is 47.3 Å². The van der Waals surface area contributed by atoms with Gasteiger partial charge in [-0.05, 0) is 18.2 Å². The number of carbonyl (C=O) groups is 3. The van der Waals surface area contributed by atoms with E-state index in [0.717, 1.165) is 17.0 Å². The lowest BCUT2D eigenvalue weighted by atomic mass is 10.1.